The van der Waals surface area contributed by atoms with Crippen LogP contribution in [0.3, 0.4) is 0 Å². The maximum atomic E-state index is 12.5. The quantitative estimate of drug-likeness (QED) is 0.777. The van der Waals surface area contributed by atoms with Gasteiger partial charge in [0.2, 0.25) is 12.7 Å². The minimum absolute atomic E-state index is 0.0958. The molecule has 0 radical (unpaired) electrons. The molecule has 1 unspecified atom stereocenters. The van der Waals surface area contributed by atoms with E-state index in [1.165, 1.54) is 0 Å². The molecule has 3 amide bonds. The van der Waals surface area contributed by atoms with Crippen molar-refractivity contribution in [3.05, 3.63) is 42.0 Å². The summed E-state index contributed by atoms with van der Waals surface area (Å²) in [7, 11) is 0. The number of nitrogens with one attached hydrogen (secondary N) is 2. The average molecular weight is 425 g/mol. The number of hydrogen-bond acceptors (Lipinski definition) is 7. The van der Waals surface area contributed by atoms with Gasteiger partial charge in [0.1, 0.15) is 13.2 Å². The highest BCUT2D eigenvalue weighted by molar-refractivity contribution is 6.01. The molecule has 0 bridgehead atoms. The van der Waals surface area contributed by atoms with Crippen molar-refractivity contribution < 1.29 is 28.5 Å². The SMILES string of the molecule is O=C(CN1CCCC1c1ccc2c(c1)OCCO2)NC(=O)Nc1ccc2c(c1)OCO2. The topological polar surface area (TPSA) is 98.4 Å². The van der Waals surface area contributed by atoms with Gasteiger partial charge in [0.25, 0.3) is 0 Å². The van der Waals surface area contributed by atoms with Crippen LogP contribution in [0.25, 0.3) is 0 Å². The predicted octanol–water partition coefficient (Wildman–Crippen LogP) is 2.67. The van der Waals surface area contributed by atoms with Crippen LogP contribution in [0.4, 0.5) is 10.5 Å². The molecule has 5 rings (SSSR count). The molecule has 0 aromatic heterocycles. The van der Waals surface area contributed by atoms with E-state index in [0.29, 0.717) is 30.4 Å². The summed E-state index contributed by atoms with van der Waals surface area (Å²) in [4.78, 5) is 26.8. The van der Waals surface area contributed by atoms with Crippen LogP contribution in [0.1, 0.15) is 24.4 Å². The van der Waals surface area contributed by atoms with E-state index >= 15 is 0 Å². The number of urea groups is 1. The molecule has 31 heavy (non-hydrogen) atoms. The van der Waals surface area contributed by atoms with Crippen molar-refractivity contribution in [3.63, 3.8) is 0 Å². The summed E-state index contributed by atoms with van der Waals surface area (Å²) in [6.07, 6.45) is 1.92. The van der Waals surface area contributed by atoms with E-state index in [4.69, 9.17) is 18.9 Å². The fourth-order valence-corrected chi connectivity index (χ4v) is 4.15. The number of likely N-dealkylation sites (tertiary alicyclic amines) is 1. The largest absolute Gasteiger partial charge is 0.486 e. The lowest BCUT2D eigenvalue weighted by atomic mass is 10.0. The van der Waals surface area contributed by atoms with Crippen molar-refractivity contribution in [3.8, 4) is 23.0 Å². The first-order chi connectivity index (χ1) is 15.2. The van der Waals surface area contributed by atoms with E-state index in [-0.39, 0.29) is 25.3 Å². The van der Waals surface area contributed by atoms with Crippen molar-refractivity contribution in [2.75, 3.05) is 38.4 Å². The first-order valence-corrected chi connectivity index (χ1v) is 10.3. The number of rotatable bonds is 4. The fraction of sp³-hybridized carbons (Fsp3) is 0.364. The monoisotopic (exact) mass is 425 g/mol. The molecule has 3 aliphatic rings. The molecule has 2 aromatic rings. The van der Waals surface area contributed by atoms with Crippen LogP contribution in [0.2, 0.25) is 0 Å². The van der Waals surface area contributed by atoms with Gasteiger partial charge in [-0.2, -0.15) is 0 Å². The third kappa shape index (κ3) is 4.22. The van der Waals surface area contributed by atoms with Crippen molar-refractivity contribution in [1.82, 2.24) is 10.2 Å². The lowest BCUT2D eigenvalue weighted by Gasteiger charge is -2.26. The standard InChI is InChI=1S/C22H23N3O6/c26-21(24-22(27)23-15-4-6-18-20(11-15)31-13-30-18)12-25-7-1-2-16(25)14-3-5-17-19(10-14)29-9-8-28-17/h3-6,10-11,16H,1-2,7-9,12-13H2,(H2,23,24,26,27). The van der Waals surface area contributed by atoms with Gasteiger partial charge in [-0.15, -0.1) is 0 Å². The third-order valence-corrected chi connectivity index (χ3v) is 5.54. The Hall–Kier alpha value is -3.46. The highest BCUT2D eigenvalue weighted by atomic mass is 16.7. The van der Waals surface area contributed by atoms with Crippen LogP contribution in [0.5, 0.6) is 23.0 Å². The molecule has 1 fully saturated rings. The van der Waals surface area contributed by atoms with E-state index < -0.39 is 6.03 Å². The average Bonchev–Trinajstić information content (AvgIpc) is 3.42. The number of hydrogen-bond donors (Lipinski definition) is 2. The molecular formula is C22H23N3O6. The zero-order valence-corrected chi connectivity index (χ0v) is 16.9. The molecule has 3 aliphatic heterocycles. The first-order valence-electron chi connectivity index (χ1n) is 10.3. The highest BCUT2D eigenvalue weighted by Gasteiger charge is 2.29. The minimum atomic E-state index is -0.584. The summed E-state index contributed by atoms with van der Waals surface area (Å²) in [5.74, 6) is 2.31. The predicted molar refractivity (Wildman–Crippen MR) is 111 cm³/mol. The second-order valence-electron chi connectivity index (χ2n) is 7.60. The highest BCUT2D eigenvalue weighted by Crippen LogP contribution is 2.38. The molecule has 162 valence electrons. The molecular weight excluding hydrogens is 402 g/mol. The zero-order chi connectivity index (χ0) is 21.2. The van der Waals surface area contributed by atoms with Crippen molar-refractivity contribution in [2.45, 2.75) is 18.9 Å². The van der Waals surface area contributed by atoms with Crippen LogP contribution in [-0.2, 0) is 4.79 Å². The van der Waals surface area contributed by atoms with E-state index in [9.17, 15) is 9.59 Å². The number of imide groups is 1. The number of anilines is 1. The Morgan fingerprint density at radius 1 is 0.935 bits per heavy atom. The first kappa shape index (κ1) is 19.5. The van der Waals surface area contributed by atoms with E-state index in [1.54, 1.807) is 18.2 Å². The molecule has 0 aliphatic carbocycles. The summed E-state index contributed by atoms with van der Waals surface area (Å²) in [6, 6.07) is 10.5. The smallest absolute Gasteiger partial charge is 0.325 e. The second-order valence-corrected chi connectivity index (χ2v) is 7.60. The number of carbonyl (C=O) groups excluding carboxylic acids is 2. The Bertz CT molecular complexity index is 1010. The van der Waals surface area contributed by atoms with Crippen LogP contribution >= 0.6 is 0 Å². The number of carbonyl (C=O) groups is 2. The summed E-state index contributed by atoms with van der Waals surface area (Å²) in [6.45, 7) is 2.16. The van der Waals surface area contributed by atoms with Gasteiger partial charge in [0, 0.05) is 17.8 Å². The van der Waals surface area contributed by atoms with Crippen molar-refractivity contribution >= 4 is 17.6 Å². The lowest BCUT2D eigenvalue weighted by Crippen LogP contribution is -2.41. The molecule has 1 saturated heterocycles. The Labute approximate surface area is 179 Å². The number of ether oxygens (including phenoxy) is 4. The van der Waals surface area contributed by atoms with E-state index in [0.717, 1.165) is 36.4 Å². The Morgan fingerprint density at radius 3 is 2.58 bits per heavy atom. The number of fused-ring (bicyclic) bond motifs is 2. The van der Waals surface area contributed by atoms with Crippen molar-refractivity contribution in [2.24, 2.45) is 0 Å². The van der Waals surface area contributed by atoms with Gasteiger partial charge in [-0.25, -0.2) is 4.79 Å². The van der Waals surface area contributed by atoms with Gasteiger partial charge in [-0.3, -0.25) is 15.0 Å². The Morgan fingerprint density at radius 2 is 1.68 bits per heavy atom. The van der Waals surface area contributed by atoms with Gasteiger partial charge >= 0.3 is 6.03 Å². The summed E-state index contributed by atoms with van der Waals surface area (Å²) in [5.41, 5.74) is 1.60. The molecule has 2 aromatic carbocycles. The molecule has 9 heteroatoms. The molecule has 3 heterocycles. The molecule has 0 spiro atoms. The number of amides is 3. The molecule has 2 N–H and O–H groups in total. The third-order valence-electron chi connectivity index (χ3n) is 5.54. The summed E-state index contributed by atoms with van der Waals surface area (Å²) in [5, 5.41) is 5.05. The maximum absolute atomic E-state index is 12.5. The lowest BCUT2D eigenvalue weighted by molar-refractivity contribution is -0.121. The molecule has 9 nitrogen and oxygen atoms in total. The molecule has 0 saturated carbocycles. The second kappa shape index (κ2) is 8.35. The van der Waals surface area contributed by atoms with Gasteiger partial charge in [-0.05, 0) is 49.2 Å². The number of benzene rings is 2. The molecule has 1 atom stereocenters. The van der Waals surface area contributed by atoms with Gasteiger partial charge in [0.05, 0.1) is 6.54 Å². The Balaban J connectivity index is 1.18. The van der Waals surface area contributed by atoms with Crippen molar-refractivity contribution in [1.29, 1.82) is 0 Å². The van der Waals surface area contributed by atoms with Crippen LogP contribution in [0.15, 0.2) is 36.4 Å². The number of nitrogens with zero attached hydrogens (tertiary/aromatic N) is 1. The fourth-order valence-electron chi connectivity index (χ4n) is 4.15. The van der Waals surface area contributed by atoms with Gasteiger partial charge < -0.3 is 24.3 Å². The van der Waals surface area contributed by atoms with Gasteiger partial charge in [-0.1, -0.05) is 6.07 Å². The van der Waals surface area contributed by atoms with Crippen LogP contribution in [-0.4, -0.2) is 49.9 Å². The normalized spacial score (nSPS) is 19.2. The van der Waals surface area contributed by atoms with E-state index in [2.05, 4.69) is 15.5 Å². The van der Waals surface area contributed by atoms with E-state index in [1.807, 2.05) is 18.2 Å². The zero-order valence-electron chi connectivity index (χ0n) is 16.9. The minimum Gasteiger partial charge on any atom is -0.486 e. The van der Waals surface area contributed by atoms with Gasteiger partial charge in [0.15, 0.2) is 23.0 Å². The maximum Gasteiger partial charge on any atom is 0.325 e. The summed E-state index contributed by atoms with van der Waals surface area (Å²) < 4.78 is 21.8. The van der Waals surface area contributed by atoms with Crippen LogP contribution in [0, 0.1) is 0 Å². The summed E-state index contributed by atoms with van der Waals surface area (Å²) >= 11 is 0. The Kier molecular flexibility index (Phi) is 5.25. The van der Waals surface area contributed by atoms with Crippen LogP contribution < -0.4 is 29.6 Å².